The van der Waals surface area contributed by atoms with Gasteiger partial charge >= 0.3 is 0 Å². The van der Waals surface area contributed by atoms with Gasteiger partial charge in [0.25, 0.3) is 0 Å². The smallest absolute Gasteiger partial charge is 0.0700 e. The highest BCUT2D eigenvalue weighted by molar-refractivity contribution is 9.09. The molecule has 0 aromatic carbocycles. The molecule has 0 spiro atoms. The average molecular weight is 295 g/mol. The Kier molecular flexibility index (Phi) is 6.26. The highest BCUT2D eigenvalue weighted by Crippen LogP contribution is 2.47. The molecule has 1 aliphatic carbocycles. The second-order valence-corrected chi connectivity index (χ2v) is 5.95. The van der Waals surface area contributed by atoms with Crippen LogP contribution in [0.25, 0.3) is 0 Å². The van der Waals surface area contributed by atoms with E-state index in [9.17, 15) is 0 Å². The zero-order valence-electron chi connectivity index (χ0n) is 10.5. The fourth-order valence-corrected chi connectivity index (χ4v) is 2.38. The molecule has 0 aliphatic heterocycles. The second kappa shape index (κ2) is 6.94. The molecule has 16 heavy (non-hydrogen) atoms. The van der Waals surface area contributed by atoms with Crippen LogP contribution in [0.3, 0.4) is 0 Å². The highest BCUT2D eigenvalue weighted by atomic mass is 79.9. The molecular formula is C12H23BrO3. The molecule has 2 atom stereocenters. The van der Waals surface area contributed by atoms with Crippen LogP contribution in [0.4, 0.5) is 0 Å². The van der Waals surface area contributed by atoms with Crippen LogP contribution >= 0.6 is 15.9 Å². The van der Waals surface area contributed by atoms with Gasteiger partial charge in [-0.25, -0.2) is 0 Å². The second-order valence-electron chi connectivity index (χ2n) is 4.84. The van der Waals surface area contributed by atoms with Crippen molar-refractivity contribution in [1.29, 1.82) is 0 Å². The molecule has 0 radical (unpaired) electrons. The van der Waals surface area contributed by atoms with E-state index >= 15 is 0 Å². The van der Waals surface area contributed by atoms with Crippen LogP contribution in [0.15, 0.2) is 0 Å². The summed E-state index contributed by atoms with van der Waals surface area (Å²) >= 11 is 3.65. The number of rotatable bonds is 8. The summed E-state index contributed by atoms with van der Waals surface area (Å²) < 4.78 is 16.1. The zero-order chi connectivity index (χ0) is 12.0. The third-order valence-corrected chi connectivity index (χ3v) is 4.80. The Morgan fingerprint density at radius 2 is 1.94 bits per heavy atom. The molecule has 0 aromatic heterocycles. The van der Waals surface area contributed by atoms with Crippen molar-refractivity contribution in [3.63, 3.8) is 0 Å². The summed E-state index contributed by atoms with van der Waals surface area (Å²) in [6.45, 7) is 7.39. The van der Waals surface area contributed by atoms with Gasteiger partial charge in [-0.3, -0.25) is 0 Å². The molecule has 1 saturated carbocycles. The fourth-order valence-electron chi connectivity index (χ4n) is 1.75. The van der Waals surface area contributed by atoms with Gasteiger partial charge in [0.1, 0.15) is 0 Å². The maximum atomic E-state index is 5.83. The van der Waals surface area contributed by atoms with Crippen molar-refractivity contribution < 1.29 is 14.2 Å². The van der Waals surface area contributed by atoms with Crippen LogP contribution in [0.1, 0.15) is 26.7 Å². The fraction of sp³-hybridized carbons (Fsp3) is 1.00. The third-order valence-electron chi connectivity index (χ3n) is 3.24. The van der Waals surface area contributed by atoms with Crippen molar-refractivity contribution in [3.05, 3.63) is 0 Å². The van der Waals surface area contributed by atoms with Crippen molar-refractivity contribution >= 4 is 15.9 Å². The minimum absolute atomic E-state index is 0.275. The largest absolute Gasteiger partial charge is 0.382 e. The molecule has 2 unspecified atom stereocenters. The molecular weight excluding hydrogens is 272 g/mol. The number of hydrogen-bond acceptors (Lipinski definition) is 3. The van der Waals surface area contributed by atoms with Gasteiger partial charge in [-0.05, 0) is 12.8 Å². The molecule has 1 aliphatic rings. The Hall–Kier alpha value is 0.360. The van der Waals surface area contributed by atoms with E-state index < -0.39 is 0 Å². The van der Waals surface area contributed by atoms with E-state index in [-0.39, 0.29) is 5.41 Å². The van der Waals surface area contributed by atoms with Crippen molar-refractivity contribution in [1.82, 2.24) is 0 Å². The Morgan fingerprint density at radius 1 is 1.19 bits per heavy atom. The first-order chi connectivity index (χ1) is 7.59. The normalized spacial score (nSPS) is 27.8. The van der Waals surface area contributed by atoms with Gasteiger partial charge in [0.15, 0.2) is 0 Å². The minimum Gasteiger partial charge on any atom is -0.382 e. The van der Waals surface area contributed by atoms with Gasteiger partial charge in [0.05, 0.1) is 19.3 Å². The van der Waals surface area contributed by atoms with Crippen molar-refractivity contribution in [2.45, 2.75) is 37.6 Å². The first-order valence-electron chi connectivity index (χ1n) is 5.91. The number of hydrogen-bond donors (Lipinski definition) is 0. The topological polar surface area (TPSA) is 27.7 Å². The monoisotopic (exact) mass is 294 g/mol. The lowest BCUT2D eigenvalue weighted by Gasteiger charge is -2.48. The summed E-state index contributed by atoms with van der Waals surface area (Å²) in [6, 6.07) is 0. The van der Waals surface area contributed by atoms with Crippen LogP contribution in [-0.4, -0.2) is 44.5 Å². The predicted molar refractivity (Wildman–Crippen MR) is 68.2 cm³/mol. The molecule has 0 heterocycles. The van der Waals surface area contributed by atoms with Gasteiger partial charge in [-0.1, -0.05) is 29.8 Å². The third kappa shape index (κ3) is 3.99. The minimum atomic E-state index is 0.275. The van der Waals surface area contributed by atoms with Gasteiger partial charge in [-0.2, -0.15) is 0 Å². The van der Waals surface area contributed by atoms with Gasteiger partial charge in [0.2, 0.25) is 0 Å². The Bertz CT molecular complexity index is 197. The number of ether oxygens (including phenoxy) is 3. The van der Waals surface area contributed by atoms with Crippen LogP contribution in [0.5, 0.6) is 0 Å². The lowest BCUT2D eigenvalue weighted by molar-refractivity contribution is -0.0891. The number of halogens is 1. The number of alkyl halides is 1. The highest BCUT2D eigenvalue weighted by Gasteiger charge is 2.47. The van der Waals surface area contributed by atoms with Gasteiger partial charge in [-0.15, -0.1) is 0 Å². The van der Waals surface area contributed by atoms with E-state index in [0.29, 0.717) is 24.1 Å². The van der Waals surface area contributed by atoms with Crippen molar-refractivity contribution in [3.8, 4) is 0 Å². The summed E-state index contributed by atoms with van der Waals surface area (Å²) in [6.07, 6.45) is 2.48. The Morgan fingerprint density at radius 3 is 2.50 bits per heavy atom. The molecule has 0 amide bonds. The molecule has 0 N–H and O–H groups in total. The van der Waals surface area contributed by atoms with Gasteiger partial charge < -0.3 is 14.2 Å². The van der Waals surface area contributed by atoms with E-state index in [4.69, 9.17) is 14.2 Å². The summed E-state index contributed by atoms with van der Waals surface area (Å²) in [5, 5.41) is 0. The van der Waals surface area contributed by atoms with E-state index in [0.717, 1.165) is 26.1 Å². The zero-order valence-corrected chi connectivity index (χ0v) is 12.1. The van der Waals surface area contributed by atoms with E-state index in [1.165, 1.54) is 0 Å². The van der Waals surface area contributed by atoms with Crippen LogP contribution in [0, 0.1) is 5.41 Å². The maximum absolute atomic E-state index is 5.83. The first-order valence-corrected chi connectivity index (χ1v) is 6.83. The first kappa shape index (κ1) is 14.4. The molecule has 1 rings (SSSR count). The van der Waals surface area contributed by atoms with Crippen molar-refractivity contribution in [2.24, 2.45) is 5.41 Å². The quantitative estimate of drug-likeness (QED) is 0.509. The Balaban J connectivity index is 1.93. The van der Waals surface area contributed by atoms with Gasteiger partial charge in [0, 0.05) is 30.6 Å². The molecule has 0 aromatic rings. The molecule has 1 fully saturated rings. The van der Waals surface area contributed by atoms with E-state index in [1.807, 2.05) is 0 Å². The number of methoxy groups -OCH3 is 1. The molecule has 0 saturated heterocycles. The summed E-state index contributed by atoms with van der Waals surface area (Å²) in [7, 11) is 1.68. The van der Waals surface area contributed by atoms with Crippen molar-refractivity contribution in [2.75, 3.05) is 33.5 Å². The summed E-state index contributed by atoms with van der Waals surface area (Å²) in [5.74, 6) is 0. The average Bonchev–Trinajstić information content (AvgIpc) is 2.26. The predicted octanol–water partition coefficient (Wildman–Crippen LogP) is 2.62. The lowest BCUT2D eigenvalue weighted by Crippen LogP contribution is -2.51. The van der Waals surface area contributed by atoms with Crippen LogP contribution in [-0.2, 0) is 14.2 Å². The molecule has 3 nitrogen and oxygen atoms in total. The molecule has 0 bridgehead atoms. The lowest BCUT2D eigenvalue weighted by atomic mass is 9.69. The van der Waals surface area contributed by atoms with Crippen LogP contribution < -0.4 is 0 Å². The molecule has 96 valence electrons. The Labute approximate surface area is 107 Å². The summed E-state index contributed by atoms with van der Waals surface area (Å²) in [5.41, 5.74) is 0.275. The van der Waals surface area contributed by atoms with Crippen LogP contribution in [0.2, 0.25) is 0 Å². The summed E-state index contributed by atoms with van der Waals surface area (Å²) in [4.78, 5) is 0.600. The van der Waals surface area contributed by atoms with E-state index in [1.54, 1.807) is 7.11 Å². The molecule has 4 heteroatoms. The standard InChI is InChI=1S/C12H23BrO3/c1-12(2)10(13)9-11(12)16-6-4-5-15-8-7-14-3/h10-11H,4-9H2,1-3H3. The SMILES string of the molecule is COCCOCCCOC1CC(Br)C1(C)C. The van der Waals surface area contributed by atoms with E-state index in [2.05, 4.69) is 29.8 Å². The maximum Gasteiger partial charge on any atom is 0.0700 e.